The molecular formula is C21H23N7O2. The second-order valence-electron chi connectivity index (χ2n) is 7.44. The van der Waals surface area contributed by atoms with Crippen LogP contribution >= 0.6 is 0 Å². The molecule has 0 unspecified atom stereocenters. The van der Waals surface area contributed by atoms with E-state index in [-0.39, 0.29) is 5.95 Å². The molecule has 0 bridgehead atoms. The van der Waals surface area contributed by atoms with E-state index in [4.69, 9.17) is 15.0 Å². The Hall–Kier alpha value is -3.59. The van der Waals surface area contributed by atoms with Crippen LogP contribution < -0.4 is 5.73 Å². The normalized spacial score (nSPS) is 11.7. The second kappa shape index (κ2) is 8.03. The maximum Gasteiger partial charge on any atom is 0.261 e. The van der Waals surface area contributed by atoms with Crippen molar-refractivity contribution in [2.45, 2.75) is 25.8 Å². The molecule has 0 aliphatic heterocycles. The lowest BCUT2D eigenvalue weighted by Crippen LogP contribution is -2.20. The number of ether oxygens (including phenoxy) is 1. The van der Waals surface area contributed by atoms with E-state index >= 15 is 0 Å². The Kier molecular flexibility index (Phi) is 5.28. The van der Waals surface area contributed by atoms with Gasteiger partial charge in [-0.15, -0.1) is 0 Å². The maximum atomic E-state index is 5.56. The largest absolute Gasteiger partial charge is 0.383 e. The molecule has 0 fully saturated rings. The number of benzene rings is 1. The summed E-state index contributed by atoms with van der Waals surface area (Å²) in [5.74, 6) is 1.30. The fourth-order valence-corrected chi connectivity index (χ4v) is 3.07. The molecule has 30 heavy (non-hydrogen) atoms. The SMILES string of the molecule is COCCn1cc(-c2nc(C(C)(C)c3ccc(-c4cnc(N)nc4)cc3)no2)cn1. The average Bonchev–Trinajstić information content (AvgIpc) is 3.43. The summed E-state index contributed by atoms with van der Waals surface area (Å²) >= 11 is 0. The molecule has 0 amide bonds. The Morgan fingerprint density at radius 1 is 1.03 bits per heavy atom. The molecule has 3 aromatic heterocycles. The summed E-state index contributed by atoms with van der Waals surface area (Å²) in [4.78, 5) is 12.7. The van der Waals surface area contributed by atoms with Gasteiger partial charge in [-0.05, 0) is 25.0 Å². The number of anilines is 1. The topological polar surface area (TPSA) is 118 Å². The lowest BCUT2D eigenvalue weighted by atomic mass is 9.83. The van der Waals surface area contributed by atoms with Crippen molar-refractivity contribution >= 4 is 5.95 Å². The zero-order valence-electron chi connectivity index (χ0n) is 17.1. The van der Waals surface area contributed by atoms with Gasteiger partial charge in [0.2, 0.25) is 5.95 Å². The van der Waals surface area contributed by atoms with Crippen LogP contribution in [0.4, 0.5) is 5.95 Å². The van der Waals surface area contributed by atoms with Gasteiger partial charge in [0.05, 0.1) is 30.3 Å². The molecule has 9 heteroatoms. The zero-order valence-corrected chi connectivity index (χ0v) is 17.1. The van der Waals surface area contributed by atoms with Gasteiger partial charge in [-0.25, -0.2) is 9.97 Å². The van der Waals surface area contributed by atoms with Crippen LogP contribution in [0.15, 0.2) is 53.6 Å². The molecule has 9 nitrogen and oxygen atoms in total. The molecular weight excluding hydrogens is 382 g/mol. The third-order valence-corrected chi connectivity index (χ3v) is 5.00. The summed E-state index contributed by atoms with van der Waals surface area (Å²) in [6, 6.07) is 8.13. The molecule has 0 saturated heterocycles. The van der Waals surface area contributed by atoms with Gasteiger partial charge < -0.3 is 15.0 Å². The Labute approximate surface area is 173 Å². The summed E-state index contributed by atoms with van der Waals surface area (Å²) in [6.07, 6.45) is 7.00. The minimum Gasteiger partial charge on any atom is -0.383 e. The summed E-state index contributed by atoms with van der Waals surface area (Å²) in [6.45, 7) is 5.37. The Morgan fingerprint density at radius 2 is 1.77 bits per heavy atom. The minimum atomic E-state index is -0.441. The summed E-state index contributed by atoms with van der Waals surface area (Å²) in [5.41, 5.74) is 8.87. The van der Waals surface area contributed by atoms with Gasteiger partial charge in [0.1, 0.15) is 0 Å². The van der Waals surface area contributed by atoms with E-state index in [0.717, 1.165) is 22.3 Å². The zero-order chi connectivity index (χ0) is 21.1. The first-order valence-electron chi connectivity index (χ1n) is 9.52. The predicted octanol–water partition coefficient (Wildman–Crippen LogP) is 2.94. The van der Waals surface area contributed by atoms with E-state index in [1.165, 1.54) is 0 Å². The van der Waals surface area contributed by atoms with Crippen LogP contribution in [-0.2, 0) is 16.7 Å². The highest BCUT2D eigenvalue weighted by Crippen LogP contribution is 2.32. The van der Waals surface area contributed by atoms with Crippen LogP contribution in [0, 0.1) is 0 Å². The van der Waals surface area contributed by atoms with Crippen LogP contribution in [-0.4, -0.2) is 43.6 Å². The van der Waals surface area contributed by atoms with Gasteiger partial charge in [-0.3, -0.25) is 4.68 Å². The highest BCUT2D eigenvalue weighted by Gasteiger charge is 2.29. The highest BCUT2D eigenvalue weighted by atomic mass is 16.5. The smallest absolute Gasteiger partial charge is 0.261 e. The fourth-order valence-electron chi connectivity index (χ4n) is 3.07. The Balaban J connectivity index is 1.55. The maximum absolute atomic E-state index is 5.56. The van der Waals surface area contributed by atoms with Crippen molar-refractivity contribution in [3.05, 3.63) is 60.4 Å². The van der Waals surface area contributed by atoms with Gasteiger partial charge >= 0.3 is 0 Å². The van der Waals surface area contributed by atoms with Gasteiger partial charge in [0, 0.05) is 31.3 Å². The molecule has 0 atom stereocenters. The van der Waals surface area contributed by atoms with Crippen molar-refractivity contribution in [1.82, 2.24) is 29.9 Å². The van der Waals surface area contributed by atoms with Crippen molar-refractivity contribution in [3.8, 4) is 22.6 Å². The van der Waals surface area contributed by atoms with Crippen molar-refractivity contribution in [2.24, 2.45) is 0 Å². The number of methoxy groups -OCH3 is 1. The minimum absolute atomic E-state index is 0.258. The van der Waals surface area contributed by atoms with Crippen molar-refractivity contribution in [3.63, 3.8) is 0 Å². The first-order chi connectivity index (χ1) is 14.5. The number of nitrogen functional groups attached to an aromatic ring is 1. The molecule has 1 aromatic carbocycles. The molecule has 154 valence electrons. The molecule has 2 N–H and O–H groups in total. The van der Waals surface area contributed by atoms with Crippen LogP contribution in [0.3, 0.4) is 0 Å². The van der Waals surface area contributed by atoms with Crippen molar-refractivity contribution in [2.75, 3.05) is 19.5 Å². The van der Waals surface area contributed by atoms with E-state index in [2.05, 4.69) is 39.1 Å². The summed E-state index contributed by atoms with van der Waals surface area (Å²) in [7, 11) is 1.66. The molecule has 0 aliphatic carbocycles. The van der Waals surface area contributed by atoms with Crippen LogP contribution in [0.5, 0.6) is 0 Å². The molecule has 3 heterocycles. The third-order valence-electron chi connectivity index (χ3n) is 5.00. The van der Waals surface area contributed by atoms with Gasteiger partial charge in [0.15, 0.2) is 5.82 Å². The van der Waals surface area contributed by atoms with E-state index in [1.54, 1.807) is 30.4 Å². The monoisotopic (exact) mass is 405 g/mol. The average molecular weight is 405 g/mol. The Morgan fingerprint density at radius 3 is 2.47 bits per heavy atom. The Bertz CT molecular complexity index is 1110. The molecule has 4 aromatic rings. The number of hydrogen-bond donors (Lipinski definition) is 1. The number of hydrogen-bond acceptors (Lipinski definition) is 8. The summed E-state index contributed by atoms with van der Waals surface area (Å²) < 4.78 is 12.4. The quantitative estimate of drug-likeness (QED) is 0.499. The van der Waals surface area contributed by atoms with E-state index in [1.807, 2.05) is 30.5 Å². The number of nitrogens with two attached hydrogens (primary N) is 1. The second-order valence-corrected chi connectivity index (χ2v) is 7.44. The standard InChI is InChI=1S/C21H23N7O2/c1-21(2,17-6-4-14(5-7-17)15-10-23-20(22)24-11-15)19-26-18(30-27-19)16-12-25-28(13-16)8-9-29-3/h4-7,10-13H,8-9H2,1-3H3,(H2,22,23,24). The van der Waals surface area contributed by atoms with E-state index in [0.29, 0.717) is 24.9 Å². The first-order valence-corrected chi connectivity index (χ1v) is 9.52. The van der Waals surface area contributed by atoms with Crippen LogP contribution in [0.2, 0.25) is 0 Å². The molecule has 0 radical (unpaired) electrons. The molecule has 4 rings (SSSR count). The molecule has 0 aliphatic rings. The number of aromatic nitrogens is 6. The van der Waals surface area contributed by atoms with Crippen LogP contribution in [0.1, 0.15) is 25.2 Å². The van der Waals surface area contributed by atoms with Gasteiger partial charge in [-0.1, -0.05) is 29.4 Å². The molecule has 0 saturated carbocycles. The van der Waals surface area contributed by atoms with Gasteiger partial charge in [0.25, 0.3) is 5.89 Å². The third kappa shape index (κ3) is 3.92. The number of rotatable bonds is 7. The predicted molar refractivity (Wildman–Crippen MR) is 111 cm³/mol. The fraction of sp³-hybridized carbons (Fsp3) is 0.286. The van der Waals surface area contributed by atoms with Crippen LogP contribution in [0.25, 0.3) is 22.6 Å². The highest BCUT2D eigenvalue weighted by molar-refractivity contribution is 5.62. The first kappa shape index (κ1) is 19.7. The number of nitrogens with zero attached hydrogens (tertiary/aromatic N) is 6. The van der Waals surface area contributed by atoms with E-state index in [9.17, 15) is 0 Å². The summed E-state index contributed by atoms with van der Waals surface area (Å²) in [5, 5.41) is 8.52. The van der Waals surface area contributed by atoms with Gasteiger partial charge in [-0.2, -0.15) is 10.1 Å². The lowest BCUT2D eigenvalue weighted by molar-refractivity contribution is 0.183. The van der Waals surface area contributed by atoms with Crippen molar-refractivity contribution < 1.29 is 9.26 Å². The molecule has 0 spiro atoms. The van der Waals surface area contributed by atoms with E-state index < -0.39 is 5.41 Å². The van der Waals surface area contributed by atoms with Crippen molar-refractivity contribution in [1.29, 1.82) is 0 Å². The lowest BCUT2D eigenvalue weighted by Gasteiger charge is -2.21.